The van der Waals surface area contributed by atoms with E-state index in [1.807, 2.05) is 24.3 Å². The molecular weight excluding hydrogens is 312 g/mol. The van der Waals surface area contributed by atoms with Gasteiger partial charge in [0.2, 0.25) is 10.0 Å². The maximum Gasteiger partial charge on any atom is 0.240 e. The molecule has 0 unspecified atom stereocenters. The Morgan fingerprint density at radius 1 is 1.13 bits per heavy atom. The van der Waals surface area contributed by atoms with Crippen LogP contribution in [0.1, 0.15) is 11.1 Å². The number of benzene rings is 2. The Hall–Kier alpha value is -2.66. The summed E-state index contributed by atoms with van der Waals surface area (Å²) in [7, 11) is -3.77. The van der Waals surface area contributed by atoms with E-state index in [0.29, 0.717) is 16.5 Å². The van der Waals surface area contributed by atoms with Gasteiger partial charge in [0, 0.05) is 23.6 Å². The van der Waals surface area contributed by atoms with Crippen LogP contribution in [0.15, 0.2) is 47.5 Å². The quantitative estimate of drug-likeness (QED) is 0.678. The van der Waals surface area contributed by atoms with Crippen LogP contribution in [-0.2, 0) is 16.6 Å². The summed E-state index contributed by atoms with van der Waals surface area (Å²) in [6.45, 7) is 0.275. The second-order valence-electron chi connectivity index (χ2n) is 5.15. The van der Waals surface area contributed by atoms with Crippen molar-refractivity contribution in [2.75, 3.05) is 0 Å². The minimum Gasteiger partial charge on any atom is -0.360 e. The van der Waals surface area contributed by atoms with E-state index in [-0.39, 0.29) is 11.4 Å². The van der Waals surface area contributed by atoms with Gasteiger partial charge in [0.1, 0.15) is 4.90 Å². The van der Waals surface area contributed by atoms with E-state index in [4.69, 9.17) is 16.1 Å². The van der Waals surface area contributed by atoms with E-state index >= 15 is 0 Å². The van der Waals surface area contributed by atoms with Crippen LogP contribution >= 0.6 is 0 Å². The molecule has 0 atom stereocenters. The Labute approximate surface area is 133 Å². The van der Waals surface area contributed by atoms with Crippen molar-refractivity contribution in [1.29, 1.82) is 5.26 Å². The predicted molar refractivity (Wildman–Crippen MR) is 87.7 cm³/mol. The van der Waals surface area contributed by atoms with Gasteiger partial charge in [0.15, 0.2) is 0 Å². The fourth-order valence-electron chi connectivity index (χ4n) is 2.57. The summed E-state index contributed by atoms with van der Waals surface area (Å²) in [5.41, 5.74) is 9.45. The van der Waals surface area contributed by atoms with Gasteiger partial charge in [-0.25, -0.2) is 13.6 Å². The van der Waals surface area contributed by atoms with E-state index in [9.17, 15) is 8.42 Å². The first-order valence-corrected chi connectivity index (χ1v) is 8.36. The molecule has 7 heteroatoms. The van der Waals surface area contributed by atoms with Gasteiger partial charge in [0.05, 0.1) is 11.6 Å². The molecule has 0 spiro atoms. The van der Waals surface area contributed by atoms with Crippen molar-refractivity contribution in [3.05, 3.63) is 53.7 Å². The minimum absolute atomic E-state index is 0.0709. The van der Waals surface area contributed by atoms with Crippen molar-refractivity contribution in [2.24, 2.45) is 10.9 Å². The molecule has 3 rings (SSSR count). The van der Waals surface area contributed by atoms with Gasteiger partial charge in [-0.1, -0.05) is 18.2 Å². The van der Waals surface area contributed by atoms with Crippen LogP contribution in [0.5, 0.6) is 0 Å². The zero-order valence-corrected chi connectivity index (χ0v) is 12.9. The van der Waals surface area contributed by atoms with E-state index in [1.165, 1.54) is 6.20 Å². The van der Waals surface area contributed by atoms with Gasteiger partial charge in [-0.15, -0.1) is 0 Å². The van der Waals surface area contributed by atoms with Crippen molar-refractivity contribution in [3.63, 3.8) is 0 Å². The summed E-state index contributed by atoms with van der Waals surface area (Å²) in [5, 5.41) is 14.8. The number of hydrogen-bond acceptors (Lipinski definition) is 4. The average Bonchev–Trinajstić information content (AvgIpc) is 2.97. The number of aromatic nitrogens is 1. The monoisotopic (exact) mass is 326 g/mol. The Morgan fingerprint density at radius 3 is 2.48 bits per heavy atom. The third-order valence-electron chi connectivity index (χ3n) is 3.73. The molecule has 5 N–H and O–H groups in total. The van der Waals surface area contributed by atoms with E-state index in [2.05, 4.69) is 11.1 Å². The first kappa shape index (κ1) is 15.2. The minimum atomic E-state index is -3.77. The SMILES string of the molecule is N#Cc1ccc(-c2ccc3c(S(N)(=O)=O)c[nH]c3c2)cc1CN. The molecule has 116 valence electrons. The van der Waals surface area contributed by atoms with Crippen molar-refractivity contribution in [1.82, 2.24) is 4.98 Å². The molecule has 0 radical (unpaired) electrons. The smallest absolute Gasteiger partial charge is 0.240 e. The summed E-state index contributed by atoms with van der Waals surface area (Å²) >= 11 is 0. The Kier molecular flexibility index (Phi) is 3.66. The molecule has 3 aromatic rings. The molecule has 0 aliphatic heterocycles. The molecule has 0 saturated carbocycles. The van der Waals surface area contributed by atoms with Crippen LogP contribution in [0, 0.1) is 11.3 Å². The third-order valence-corrected chi connectivity index (χ3v) is 4.68. The van der Waals surface area contributed by atoms with Crippen LogP contribution in [0.25, 0.3) is 22.0 Å². The molecule has 6 nitrogen and oxygen atoms in total. The molecule has 0 amide bonds. The van der Waals surface area contributed by atoms with Gasteiger partial charge in [-0.05, 0) is 34.9 Å². The molecule has 0 fully saturated rings. The Morgan fingerprint density at radius 2 is 1.83 bits per heavy atom. The fraction of sp³-hybridized carbons (Fsp3) is 0.0625. The fourth-order valence-corrected chi connectivity index (χ4v) is 3.27. The number of nitrogens with one attached hydrogen (secondary N) is 1. The lowest BCUT2D eigenvalue weighted by molar-refractivity contribution is 0.598. The zero-order valence-electron chi connectivity index (χ0n) is 12.1. The lowest BCUT2D eigenvalue weighted by Gasteiger charge is -2.06. The number of primary sulfonamides is 1. The number of hydrogen-bond donors (Lipinski definition) is 3. The van der Waals surface area contributed by atoms with Gasteiger partial charge in [-0.3, -0.25) is 0 Å². The lowest BCUT2D eigenvalue weighted by Crippen LogP contribution is -2.11. The molecule has 0 aliphatic carbocycles. The van der Waals surface area contributed by atoms with Crippen LogP contribution in [0.2, 0.25) is 0 Å². The number of nitriles is 1. The second kappa shape index (κ2) is 5.52. The Balaban J connectivity index is 2.14. The summed E-state index contributed by atoms with van der Waals surface area (Å²) in [6, 6.07) is 12.9. The maximum atomic E-state index is 11.5. The summed E-state index contributed by atoms with van der Waals surface area (Å²) in [6.07, 6.45) is 1.38. The van der Waals surface area contributed by atoms with Crippen molar-refractivity contribution < 1.29 is 8.42 Å². The second-order valence-corrected chi connectivity index (χ2v) is 6.68. The van der Waals surface area contributed by atoms with Gasteiger partial charge < -0.3 is 10.7 Å². The number of rotatable bonds is 3. The van der Waals surface area contributed by atoms with Gasteiger partial charge in [-0.2, -0.15) is 5.26 Å². The maximum absolute atomic E-state index is 11.5. The highest BCUT2D eigenvalue weighted by Crippen LogP contribution is 2.28. The number of sulfonamides is 1. The van der Waals surface area contributed by atoms with Crippen LogP contribution < -0.4 is 10.9 Å². The molecule has 0 bridgehead atoms. The molecule has 23 heavy (non-hydrogen) atoms. The van der Waals surface area contributed by atoms with Crippen molar-refractivity contribution >= 4 is 20.9 Å². The molecule has 1 aromatic heterocycles. The highest BCUT2D eigenvalue weighted by atomic mass is 32.2. The Bertz CT molecular complexity index is 1050. The number of nitrogens with zero attached hydrogens (tertiary/aromatic N) is 1. The van der Waals surface area contributed by atoms with Crippen LogP contribution in [0.3, 0.4) is 0 Å². The van der Waals surface area contributed by atoms with Crippen molar-refractivity contribution in [2.45, 2.75) is 11.4 Å². The van der Waals surface area contributed by atoms with E-state index < -0.39 is 10.0 Å². The summed E-state index contributed by atoms with van der Waals surface area (Å²) in [4.78, 5) is 2.99. The average molecular weight is 326 g/mol. The van der Waals surface area contributed by atoms with Gasteiger partial charge in [0.25, 0.3) is 0 Å². The van der Waals surface area contributed by atoms with E-state index in [1.54, 1.807) is 12.1 Å². The predicted octanol–water partition coefficient (Wildman–Crippen LogP) is 1.81. The highest BCUT2D eigenvalue weighted by molar-refractivity contribution is 7.89. The number of fused-ring (bicyclic) bond motifs is 1. The van der Waals surface area contributed by atoms with Gasteiger partial charge >= 0.3 is 0 Å². The summed E-state index contributed by atoms with van der Waals surface area (Å²) < 4.78 is 23.1. The normalized spacial score (nSPS) is 11.5. The largest absolute Gasteiger partial charge is 0.360 e. The molecule has 1 heterocycles. The molecule has 2 aromatic carbocycles. The lowest BCUT2D eigenvalue weighted by atomic mass is 9.99. The third kappa shape index (κ3) is 2.71. The standard InChI is InChI=1S/C16H14N4O2S/c17-7-12-2-1-10(5-13(12)8-18)11-3-4-14-15(6-11)20-9-16(14)23(19,21)22/h1-6,9,20H,8,18H2,(H2,19,21,22). The zero-order chi connectivity index (χ0) is 16.6. The van der Waals surface area contributed by atoms with Crippen LogP contribution in [-0.4, -0.2) is 13.4 Å². The van der Waals surface area contributed by atoms with Crippen LogP contribution in [0.4, 0.5) is 0 Å². The first-order valence-electron chi connectivity index (χ1n) is 6.81. The molecule has 0 saturated heterocycles. The summed E-state index contributed by atoms with van der Waals surface area (Å²) in [5.74, 6) is 0. The topological polar surface area (TPSA) is 126 Å². The molecular formula is C16H14N4O2S. The number of aromatic amines is 1. The molecule has 0 aliphatic rings. The van der Waals surface area contributed by atoms with Crippen molar-refractivity contribution in [3.8, 4) is 17.2 Å². The first-order chi connectivity index (χ1) is 10.9. The highest BCUT2D eigenvalue weighted by Gasteiger charge is 2.14. The number of nitrogens with two attached hydrogens (primary N) is 2. The van der Waals surface area contributed by atoms with E-state index in [0.717, 1.165) is 16.7 Å². The number of H-pyrrole nitrogens is 1.